The molecule has 0 aliphatic carbocycles. The monoisotopic (exact) mass is 147 g/mol. The van der Waals surface area contributed by atoms with Crippen LogP contribution in [0.1, 0.15) is 20.8 Å². The van der Waals surface area contributed by atoms with E-state index in [2.05, 4.69) is 4.99 Å². The second kappa shape index (κ2) is 4.14. The molecule has 0 N–H and O–H groups in total. The van der Waals surface area contributed by atoms with Gasteiger partial charge in [-0.1, -0.05) is 0 Å². The van der Waals surface area contributed by atoms with Gasteiger partial charge in [0.1, 0.15) is 5.70 Å². The standard InChI is InChI=1S/C7H11F2N/c1-4-10-6(5(2)3)7(8)9/h4,7H,1-3H3. The lowest BCUT2D eigenvalue weighted by Gasteiger charge is -2.00. The largest absolute Gasteiger partial charge is 0.280 e. The number of allylic oxidation sites excluding steroid dienone is 2. The fourth-order valence-corrected chi connectivity index (χ4v) is 0.543. The minimum atomic E-state index is -2.46. The highest BCUT2D eigenvalue weighted by Gasteiger charge is 2.09. The van der Waals surface area contributed by atoms with Crippen molar-refractivity contribution in [3.05, 3.63) is 11.3 Å². The molecule has 0 aromatic rings. The second-order valence-electron chi connectivity index (χ2n) is 2.07. The Bertz CT molecular complexity index is 155. The first kappa shape index (κ1) is 9.27. The molecule has 0 heterocycles. The van der Waals surface area contributed by atoms with Crippen molar-refractivity contribution in [1.82, 2.24) is 0 Å². The van der Waals surface area contributed by atoms with Gasteiger partial charge in [0.25, 0.3) is 6.43 Å². The molecule has 1 nitrogen and oxygen atoms in total. The molecule has 0 saturated carbocycles. The minimum Gasteiger partial charge on any atom is -0.260 e. The Morgan fingerprint density at radius 3 is 2.00 bits per heavy atom. The van der Waals surface area contributed by atoms with Crippen LogP contribution in [0.2, 0.25) is 0 Å². The van der Waals surface area contributed by atoms with Crippen molar-refractivity contribution in [2.45, 2.75) is 27.2 Å². The van der Waals surface area contributed by atoms with Crippen molar-refractivity contribution in [1.29, 1.82) is 0 Å². The molecule has 0 saturated heterocycles. The lowest BCUT2D eigenvalue weighted by molar-refractivity contribution is 0.187. The van der Waals surface area contributed by atoms with Crippen LogP contribution in [-0.4, -0.2) is 12.6 Å². The summed E-state index contributed by atoms with van der Waals surface area (Å²) >= 11 is 0. The number of nitrogens with zero attached hydrogens (tertiary/aromatic N) is 1. The van der Waals surface area contributed by atoms with Gasteiger partial charge < -0.3 is 0 Å². The highest BCUT2D eigenvalue weighted by Crippen LogP contribution is 2.13. The summed E-state index contributed by atoms with van der Waals surface area (Å²) in [6, 6.07) is 0. The molecular formula is C7H11F2N. The summed E-state index contributed by atoms with van der Waals surface area (Å²) < 4.78 is 23.9. The van der Waals surface area contributed by atoms with Gasteiger partial charge in [0.05, 0.1) is 0 Å². The number of rotatable bonds is 2. The Hall–Kier alpha value is -0.730. The molecule has 0 aliphatic heterocycles. The third-order valence-corrected chi connectivity index (χ3v) is 0.987. The average molecular weight is 147 g/mol. The summed E-state index contributed by atoms with van der Waals surface area (Å²) in [6.07, 6.45) is -1.09. The van der Waals surface area contributed by atoms with Gasteiger partial charge in [-0.15, -0.1) is 0 Å². The molecule has 0 aromatic heterocycles. The molecule has 0 rings (SSSR count). The van der Waals surface area contributed by atoms with Gasteiger partial charge in [-0.05, 0) is 26.3 Å². The van der Waals surface area contributed by atoms with Crippen LogP contribution in [0, 0.1) is 0 Å². The van der Waals surface area contributed by atoms with Crippen molar-refractivity contribution in [3.8, 4) is 0 Å². The number of hydrogen-bond acceptors (Lipinski definition) is 1. The van der Waals surface area contributed by atoms with Crippen molar-refractivity contribution in [3.63, 3.8) is 0 Å². The topological polar surface area (TPSA) is 12.4 Å². The maximum absolute atomic E-state index is 12.0. The van der Waals surface area contributed by atoms with Crippen LogP contribution < -0.4 is 0 Å². The molecule has 0 unspecified atom stereocenters. The van der Waals surface area contributed by atoms with Gasteiger partial charge in [0, 0.05) is 6.21 Å². The molecule has 3 heteroatoms. The van der Waals surface area contributed by atoms with Crippen molar-refractivity contribution in [2.75, 3.05) is 0 Å². The zero-order chi connectivity index (χ0) is 8.15. The lowest BCUT2D eigenvalue weighted by atomic mass is 10.3. The summed E-state index contributed by atoms with van der Waals surface area (Å²) in [6.45, 7) is 4.86. The highest BCUT2D eigenvalue weighted by molar-refractivity contribution is 5.55. The Kier molecular flexibility index (Phi) is 3.84. The third-order valence-electron chi connectivity index (χ3n) is 0.987. The van der Waals surface area contributed by atoms with E-state index in [0.29, 0.717) is 5.57 Å². The van der Waals surface area contributed by atoms with E-state index >= 15 is 0 Å². The number of aliphatic imine (C=N–C) groups is 1. The highest BCUT2D eigenvalue weighted by atomic mass is 19.3. The van der Waals surface area contributed by atoms with E-state index in [-0.39, 0.29) is 5.70 Å². The smallest absolute Gasteiger partial charge is 0.260 e. The maximum Gasteiger partial charge on any atom is 0.280 e. The summed E-state index contributed by atoms with van der Waals surface area (Å²) in [4.78, 5) is 3.53. The second-order valence-corrected chi connectivity index (χ2v) is 2.07. The molecule has 0 fully saturated rings. The summed E-state index contributed by atoms with van der Waals surface area (Å²) in [7, 11) is 0. The van der Waals surface area contributed by atoms with Gasteiger partial charge >= 0.3 is 0 Å². The molecule has 0 bridgehead atoms. The zero-order valence-electron chi connectivity index (χ0n) is 6.36. The quantitative estimate of drug-likeness (QED) is 0.532. The number of alkyl halides is 2. The van der Waals surface area contributed by atoms with E-state index in [0.717, 1.165) is 0 Å². The SMILES string of the molecule is CC=NC(=C(C)C)C(F)F. The maximum atomic E-state index is 12.0. The molecule has 0 aliphatic rings. The van der Waals surface area contributed by atoms with Crippen LogP contribution in [0.5, 0.6) is 0 Å². The van der Waals surface area contributed by atoms with Gasteiger partial charge in [-0.25, -0.2) is 8.78 Å². The molecule has 0 spiro atoms. The Balaban J connectivity index is 4.44. The fourth-order valence-electron chi connectivity index (χ4n) is 0.543. The first-order valence-corrected chi connectivity index (χ1v) is 3.03. The first-order chi connectivity index (χ1) is 4.59. The predicted molar refractivity (Wildman–Crippen MR) is 38.5 cm³/mol. The van der Waals surface area contributed by atoms with Gasteiger partial charge in [0.15, 0.2) is 0 Å². The van der Waals surface area contributed by atoms with E-state index < -0.39 is 6.43 Å². The molecule has 58 valence electrons. The van der Waals surface area contributed by atoms with Gasteiger partial charge in [-0.3, -0.25) is 4.99 Å². The van der Waals surface area contributed by atoms with E-state index in [4.69, 9.17) is 0 Å². The van der Waals surface area contributed by atoms with E-state index in [1.807, 2.05) is 0 Å². The summed E-state index contributed by atoms with van der Waals surface area (Å²) in [5.74, 6) is 0. The van der Waals surface area contributed by atoms with Gasteiger partial charge in [0.2, 0.25) is 0 Å². The summed E-state index contributed by atoms with van der Waals surface area (Å²) in [5.41, 5.74) is 0.440. The molecule has 0 atom stereocenters. The number of hydrogen-bond donors (Lipinski definition) is 0. The Labute approximate surface area is 59.5 Å². The van der Waals surface area contributed by atoms with E-state index in [9.17, 15) is 8.78 Å². The molecule has 0 amide bonds. The van der Waals surface area contributed by atoms with Gasteiger partial charge in [-0.2, -0.15) is 0 Å². The zero-order valence-corrected chi connectivity index (χ0v) is 6.36. The Morgan fingerprint density at radius 1 is 1.40 bits per heavy atom. The van der Waals surface area contributed by atoms with E-state index in [1.54, 1.807) is 20.8 Å². The predicted octanol–water partition coefficient (Wildman–Crippen LogP) is 2.64. The van der Waals surface area contributed by atoms with Crippen LogP contribution in [-0.2, 0) is 0 Å². The summed E-state index contributed by atoms with van der Waals surface area (Å²) in [5, 5.41) is 0. The lowest BCUT2D eigenvalue weighted by Crippen LogP contribution is -1.95. The van der Waals surface area contributed by atoms with Crippen LogP contribution in [0.15, 0.2) is 16.3 Å². The number of halogens is 2. The van der Waals surface area contributed by atoms with Crippen LogP contribution in [0.3, 0.4) is 0 Å². The van der Waals surface area contributed by atoms with Crippen molar-refractivity contribution >= 4 is 6.21 Å². The van der Waals surface area contributed by atoms with Crippen LogP contribution in [0.25, 0.3) is 0 Å². The Morgan fingerprint density at radius 2 is 1.90 bits per heavy atom. The van der Waals surface area contributed by atoms with E-state index in [1.165, 1.54) is 6.21 Å². The van der Waals surface area contributed by atoms with Crippen LogP contribution >= 0.6 is 0 Å². The normalized spacial score (nSPS) is 11.0. The third kappa shape index (κ3) is 2.71. The van der Waals surface area contributed by atoms with Crippen molar-refractivity contribution < 1.29 is 8.78 Å². The molecule has 10 heavy (non-hydrogen) atoms. The van der Waals surface area contributed by atoms with Crippen molar-refractivity contribution in [2.24, 2.45) is 4.99 Å². The molecule has 0 radical (unpaired) electrons. The first-order valence-electron chi connectivity index (χ1n) is 3.03. The fraction of sp³-hybridized carbons (Fsp3) is 0.571. The average Bonchev–Trinajstić information content (AvgIpc) is 1.81. The molecule has 0 aromatic carbocycles. The van der Waals surface area contributed by atoms with Crippen LogP contribution in [0.4, 0.5) is 8.78 Å². The molecular weight excluding hydrogens is 136 g/mol. The minimum absolute atomic E-state index is 0.123.